The van der Waals surface area contributed by atoms with Crippen molar-refractivity contribution in [2.24, 2.45) is 5.41 Å². The van der Waals surface area contributed by atoms with Gasteiger partial charge in [-0.2, -0.15) is 0 Å². The van der Waals surface area contributed by atoms with E-state index in [0.29, 0.717) is 13.0 Å². The monoisotopic (exact) mass is 668 g/mol. The van der Waals surface area contributed by atoms with Crippen molar-refractivity contribution in [3.05, 3.63) is 0 Å². The normalized spacial score (nSPS) is 13.5. The molecule has 2 atom stereocenters. The highest BCUT2D eigenvalue weighted by Gasteiger charge is 2.44. The zero-order valence-corrected chi connectivity index (χ0v) is 32.2. The van der Waals surface area contributed by atoms with Crippen LogP contribution in [0.25, 0.3) is 0 Å². The first-order chi connectivity index (χ1) is 22.9. The third-order valence-electron chi connectivity index (χ3n) is 9.85. The number of aliphatic hydroxyl groups excluding tert-OH is 1. The molecule has 47 heavy (non-hydrogen) atoms. The smallest absolute Gasteiger partial charge is 0.323 e. The van der Waals surface area contributed by atoms with E-state index in [0.717, 1.165) is 96.7 Å². The maximum atomic E-state index is 13.5. The van der Waals surface area contributed by atoms with E-state index >= 15 is 0 Å². The van der Waals surface area contributed by atoms with Gasteiger partial charge in [-0.05, 0) is 71.4 Å². The summed E-state index contributed by atoms with van der Waals surface area (Å²) in [6.07, 6.45) is 30.2. The van der Waals surface area contributed by atoms with Crippen LogP contribution >= 0.6 is 0 Å². The minimum absolute atomic E-state index is 0.139. The van der Waals surface area contributed by atoms with Crippen molar-refractivity contribution in [3.8, 4) is 0 Å². The highest BCUT2D eigenvalue weighted by atomic mass is 16.6. The fourth-order valence-electron chi connectivity index (χ4n) is 6.36. The van der Waals surface area contributed by atoms with E-state index in [9.17, 15) is 14.7 Å². The van der Waals surface area contributed by atoms with Crippen molar-refractivity contribution in [1.82, 2.24) is 4.90 Å². The lowest BCUT2D eigenvalue weighted by molar-refractivity contribution is -0.175. The summed E-state index contributed by atoms with van der Waals surface area (Å²) in [5.41, 5.74) is -1.25. The van der Waals surface area contributed by atoms with E-state index in [2.05, 4.69) is 32.6 Å². The van der Waals surface area contributed by atoms with Gasteiger partial charge in [0.2, 0.25) is 0 Å². The van der Waals surface area contributed by atoms with Crippen LogP contribution in [0.4, 0.5) is 0 Å². The van der Waals surface area contributed by atoms with E-state index in [1.54, 1.807) is 6.92 Å². The molecule has 1 N–H and O–H groups in total. The molecule has 0 aliphatic carbocycles. The van der Waals surface area contributed by atoms with Gasteiger partial charge >= 0.3 is 11.9 Å². The van der Waals surface area contributed by atoms with Crippen LogP contribution in [0.2, 0.25) is 0 Å². The van der Waals surface area contributed by atoms with Gasteiger partial charge in [-0.15, -0.1) is 0 Å². The molecule has 0 heterocycles. The minimum atomic E-state index is -1.25. The first-order valence-corrected chi connectivity index (χ1v) is 20.6. The number of aliphatic hydroxyl groups is 1. The molecule has 2 unspecified atom stereocenters. The molecule has 0 bridgehead atoms. The Balaban J connectivity index is 4.81. The lowest BCUT2D eigenvalue weighted by atomic mass is 9.84. The van der Waals surface area contributed by atoms with Crippen LogP contribution in [0.15, 0.2) is 0 Å². The average molecular weight is 668 g/mol. The molecule has 0 aromatic carbocycles. The van der Waals surface area contributed by atoms with Gasteiger partial charge in [0, 0.05) is 13.2 Å². The van der Waals surface area contributed by atoms with E-state index in [1.807, 2.05) is 0 Å². The summed E-state index contributed by atoms with van der Waals surface area (Å²) in [6.45, 7) is 14.2. The number of esters is 2. The second-order valence-corrected chi connectivity index (χ2v) is 14.4. The maximum Gasteiger partial charge on any atom is 0.323 e. The van der Waals surface area contributed by atoms with Gasteiger partial charge in [-0.25, -0.2) is 0 Å². The van der Waals surface area contributed by atoms with Crippen LogP contribution in [0.1, 0.15) is 208 Å². The van der Waals surface area contributed by atoms with Crippen LogP contribution < -0.4 is 0 Å². The molecule has 6 nitrogen and oxygen atoms in total. The molecule has 0 rings (SSSR count). The molecule has 0 saturated carbocycles. The van der Waals surface area contributed by atoms with Crippen molar-refractivity contribution in [3.63, 3.8) is 0 Å². The Hall–Kier alpha value is -1.14. The van der Waals surface area contributed by atoms with Crippen LogP contribution in [0.3, 0.4) is 0 Å². The van der Waals surface area contributed by atoms with E-state index in [-0.39, 0.29) is 12.7 Å². The number of hydrogen-bond acceptors (Lipinski definition) is 6. The Morgan fingerprint density at radius 3 is 1.53 bits per heavy atom. The second kappa shape index (κ2) is 33.4. The van der Waals surface area contributed by atoms with Gasteiger partial charge in [-0.1, -0.05) is 150 Å². The molecule has 0 radical (unpaired) electrons. The Kier molecular flexibility index (Phi) is 32.6. The Morgan fingerprint density at radius 1 is 0.574 bits per heavy atom. The lowest BCUT2D eigenvalue weighted by Gasteiger charge is -2.28. The van der Waals surface area contributed by atoms with Crippen molar-refractivity contribution >= 4 is 11.9 Å². The number of hydrogen-bond donors (Lipinski definition) is 1. The molecule has 0 amide bonds. The summed E-state index contributed by atoms with van der Waals surface area (Å²) in [5, 5.41) is 9.39. The van der Waals surface area contributed by atoms with Crippen molar-refractivity contribution in [1.29, 1.82) is 0 Å². The van der Waals surface area contributed by atoms with E-state index in [1.165, 1.54) is 89.9 Å². The number of ether oxygens (including phenoxy) is 2. The predicted octanol–water partition coefficient (Wildman–Crippen LogP) is 11.4. The zero-order chi connectivity index (χ0) is 34.9. The summed E-state index contributed by atoms with van der Waals surface area (Å²) in [7, 11) is 0. The molecule has 0 aliphatic heterocycles. The number of carbonyl (C=O) groups is 2. The average Bonchev–Trinajstić information content (AvgIpc) is 3.07. The topological polar surface area (TPSA) is 76.1 Å². The van der Waals surface area contributed by atoms with Crippen LogP contribution in [0, 0.1) is 5.41 Å². The SMILES string of the molecule is CCCCCCCCCCOC(=O)C(C)(CCCCCCN(CCCO)CCCCCCCCCC)C(=O)OC(CC)CCCCC. The third kappa shape index (κ3) is 25.5. The third-order valence-corrected chi connectivity index (χ3v) is 9.85. The van der Waals surface area contributed by atoms with Crippen molar-refractivity contribution in [2.75, 3.05) is 32.8 Å². The number of unbranched alkanes of at least 4 members (excludes halogenated alkanes) is 19. The number of rotatable bonds is 36. The molecule has 0 fully saturated rings. The number of carbonyl (C=O) groups excluding carboxylic acids is 2. The van der Waals surface area contributed by atoms with Gasteiger partial charge in [0.1, 0.15) is 6.10 Å². The second-order valence-electron chi connectivity index (χ2n) is 14.4. The summed E-state index contributed by atoms with van der Waals surface area (Å²) < 4.78 is 11.7. The quantitative estimate of drug-likeness (QED) is 0.0407. The Morgan fingerprint density at radius 2 is 1.02 bits per heavy atom. The molecule has 0 aromatic rings. The van der Waals surface area contributed by atoms with Gasteiger partial charge in [0.15, 0.2) is 5.41 Å². The van der Waals surface area contributed by atoms with E-state index < -0.39 is 17.4 Å². The molecule has 280 valence electrons. The highest BCUT2D eigenvalue weighted by Crippen LogP contribution is 2.30. The van der Waals surface area contributed by atoms with Gasteiger partial charge in [0.25, 0.3) is 0 Å². The van der Waals surface area contributed by atoms with Crippen LogP contribution in [-0.4, -0.2) is 60.9 Å². The van der Waals surface area contributed by atoms with Gasteiger partial charge in [0.05, 0.1) is 6.61 Å². The minimum Gasteiger partial charge on any atom is -0.465 e. The molecule has 6 heteroatoms. The molecule has 0 aromatic heterocycles. The number of nitrogens with zero attached hydrogens (tertiary/aromatic N) is 1. The van der Waals surface area contributed by atoms with Crippen molar-refractivity contribution in [2.45, 2.75) is 214 Å². The lowest BCUT2D eigenvalue weighted by Crippen LogP contribution is -2.41. The predicted molar refractivity (Wildman–Crippen MR) is 200 cm³/mol. The Bertz CT molecular complexity index is 701. The summed E-state index contributed by atoms with van der Waals surface area (Å²) in [5.74, 6) is -0.809. The first kappa shape index (κ1) is 45.9. The zero-order valence-electron chi connectivity index (χ0n) is 32.2. The summed E-state index contributed by atoms with van der Waals surface area (Å²) >= 11 is 0. The molecular weight excluding hydrogens is 586 g/mol. The van der Waals surface area contributed by atoms with Crippen LogP contribution in [0.5, 0.6) is 0 Å². The van der Waals surface area contributed by atoms with Crippen molar-refractivity contribution < 1.29 is 24.2 Å². The largest absolute Gasteiger partial charge is 0.465 e. The highest BCUT2D eigenvalue weighted by molar-refractivity contribution is 5.99. The summed E-state index contributed by atoms with van der Waals surface area (Å²) in [4.78, 5) is 29.5. The maximum absolute atomic E-state index is 13.5. The standard InChI is InChI=1S/C41H81NO5/c1-6-10-13-15-17-19-22-27-33-42(35-30-36-43)34-28-23-21-26-32-41(5,40(45)47-38(9-4)31-25-12-8-3)39(44)46-37-29-24-20-18-16-14-11-7-2/h38,43H,6-37H2,1-5H3. The molecule has 0 aliphatic rings. The first-order valence-electron chi connectivity index (χ1n) is 20.6. The van der Waals surface area contributed by atoms with Crippen LogP contribution in [-0.2, 0) is 19.1 Å². The van der Waals surface area contributed by atoms with Gasteiger partial charge < -0.3 is 19.5 Å². The molecule has 0 saturated heterocycles. The molecule has 0 spiro atoms. The Labute approximate surface area is 292 Å². The fraction of sp³-hybridized carbons (Fsp3) is 0.951. The summed E-state index contributed by atoms with van der Waals surface area (Å²) in [6, 6.07) is 0. The fourth-order valence-corrected chi connectivity index (χ4v) is 6.36. The van der Waals surface area contributed by atoms with E-state index in [4.69, 9.17) is 9.47 Å². The van der Waals surface area contributed by atoms with Gasteiger partial charge in [-0.3, -0.25) is 9.59 Å². The molecular formula is C41H81NO5.